The fraction of sp³-hybridized carbons (Fsp3) is 0.857. The molecule has 66 valence electrons. The summed E-state index contributed by atoms with van der Waals surface area (Å²) in [5.41, 5.74) is 0. The van der Waals surface area contributed by atoms with Gasteiger partial charge >= 0.3 is 5.97 Å². The van der Waals surface area contributed by atoms with Gasteiger partial charge in [0, 0.05) is 6.42 Å². The number of hydrogen-bond acceptors (Lipinski definition) is 4. The maximum Gasteiger partial charge on any atom is 0.324 e. The van der Waals surface area contributed by atoms with Gasteiger partial charge < -0.3 is 9.74 Å². The molecule has 2 N–H and O–H groups in total. The zero-order chi connectivity index (χ0) is 8.69. The van der Waals surface area contributed by atoms with E-state index in [-0.39, 0.29) is 5.97 Å². The molecule has 0 aromatic rings. The van der Waals surface area contributed by atoms with Crippen LogP contribution >= 0.6 is 0 Å². The molecule has 0 aliphatic carbocycles. The van der Waals surface area contributed by atoms with E-state index in [2.05, 4.69) is 22.6 Å². The van der Waals surface area contributed by atoms with Crippen LogP contribution in [-0.2, 0) is 9.63 Å². The van der Waals surface area contributed by atoms with E-state index in [0.717, 1.165) is 19.5 Å². The number of carbonyl (C=O) groups excluding carboxylic acids is 1. The van der Waals surface area contributed by atoms with E-state index < -0.39 is 0 Å². The zero-order valence-electron chi connectivity index (χ0n) is 7.17. The molecule has 0 spiro atoms. The monoisotopic (exact) mass is 160 g/mol. The molecule has 0 aromatic carbocycles. The fourth-order valence-corrected chi connectivity index (χ4v) is 0.710. The number of hydrogen-bond donors (Lipinski definition) is 1. The van der Waals surface area contributed by atoms with E-state index in [1.54, 1.807) is 0 Å². The SMILES string of the molecule is CCN(C)CCCC(=O)ON. The van der Waals surface area contributed by atoms with Crippen LogP contribution in [0.25, 0.3) is 0 Å². The number of nitrogens with zero attached hydrogens (tertiary/aromatic N) is 1. The lowest BCUT2D eigenvalue weighted by atomic mass is 10.3. The Bertz CT molecular complexity index is 117. The van der Waals surface area contributed by atoms with Crippen molar-refractivity contribution in [1.29, 1.82) is 0 Å². The summed E-state index contributed by atoms with van der Waals surface area (Å²) in [7, 11) is 2.01. The summed E-state index contributed by atoms with van der Waals surface area (Å²) in [5.74, 6) is 4.32. The normalized spacial score (nSPS) is 10.2. The molecule has 0 aliphatic heterocycles. The van der Waals surface area contributed by atoms with Crippen molar-refractivity contribution in [2.24, 2.45) is 5.90 Å². The Morgan fingerprint density at radius 2 is 2.27 bits per heavy atom. The van der Waals surface area contributed by atoms with Crippen LogP contribution in [-0.4, -0.2) is 31.0 Å². The van der Waals surface area contributed by atoms with Crippen molar-refractivity contribution in [3.05, 3.63) is 0 Å². The van der Waals surface area contributed by atoms with Gasteiger partial charge in [0.25, 0.3) is 0 Å². The van der Waals surface area contributed by atoms with Gasteiger partial charge in [0.1, 0.15) is 0 Å². The molecule has 0 rings (SSSR count). The minimum atomic E-state index is -0.338. The van der Waals surface area contributed by atoms with Crippen molar-refractivity contribution in [2.45, 2.75) is 19.8 Å². The largest absolute Gasteiger partial charge is 0.373 e. The summed E-state index contributed by atoms with van der Waals surface area (Å²) in [6.45, 7) is 3.98. The van der Waals surface area contributed by atoms with Crippen LogP contribution in [0.2, 0.25) is 0 Å². The van der Waals surface area contributed by atoms with Crippen LogP contribution in [0.4, 0.5) is 0 Å². The lowest BCUT2D eigenvalue weighted by molar-refractivity contribution is -0.144. The van der Waals surface area contributed by atoms with Gasteiger partial charge in [-0.1, -0.05) is 6.92 Å². The second-order valence-corrected chi connectivity index (χ2v) is 2.49. The Morgan fingerprint density at radius 1 is 1.64 bits per heavy atom. The highest BCUT2D eigenvalue weighted by Crippen LogP contribution is 1.93. The Hall–Kier alpha value is -0.610. The smallest absolute Gasteiger partial charge is 0.324 e. The first-order valence-electron chi connectivity index (χ1n) is 3.78. The quantitative estimate of drug-likeness (QED) is 0.581. The molecule has 0 aromatic heterocycles. The van der Waals surface area contributed by atoms with E-state index in [9.17, 15) is 4.79 Å². The molecule has 4 nitrogen and oxygen atoms in total. The summed E-state index contributed by atoms with van der Waals surface area (Å²) in [6.07, 6.45) is 1.21. The van der Waals surface area contributed by atoms with Crippen molar-refractivity contribution in [3.63, 3.8) is 0 Å². The molecule has 0 fully saturated rings. The minimum Gasteiger partial charge on any atom is -0.373 e. The molecule has 0 aliphatic rings. The highest BCUT2D eigenvalue weighted by atomic mass is 16.7. The maximum atomic E-state index is 10.5. The van der Waals surface area contributed by atoms with E-state index in [0.29, 0.717) is 6.42 Å². The van der Waals surface area contributed by atoms with Crippen molar-refractivity contribution in [2.75, 3.05) is 20.1 Å². The Kier molecular flexibility index (Phi) is 5.78. The molecular formula is C7H16N2O2. The predicted molar refractivity (Wildman–Crippen MR) is 42.7 cm³/mol. The molecule has 4 heteroatoms. The van der Waals surface area contributed by atoms with Gasteiger partial charge in [-0.3, -0.25) is 4.79 Å². The Labute approximate surface area is 67.3 Å². The molecule has 11 heavy (non-hydrogen) atoms. The zero-order valence-corrected chi connectivity index (χ0v) is 7.17. The maximum absolute atomic E-state index is 10.5. The van der Waals surface area contributed by atoms with Gasteiger partial charge in [-0.05, 0) is 26.6 Å². The van der Waals surface area contributed by atoms with Crippen LogP contribution in [0.15, 0.2) is 0 Å². The molecular weight excluding hydrogens is 144 g/mol. The van der Waals surface area contributed by atoms with Gasteiger partial charge in [-0.25, -0.2) is 0 Å². The average molecular weight is 160 g/mol. The van der Waals surface area contributed by atoms with Crippen LogP contribution in [0.3, 0.4) is 0 Å². The lowest BCUT2D eigenvalue weighted by Gasteiger charge is -2.11. The topological polar surface area (TPSA) is 55.6 Å². The summed E-state index contributed by atoms with van der Waals surface area (Å²) < 4.78 is 0. The van der Waals surface area contributed by atoms with Gasteiger partial charge in [-0.15, -0.1) is 0 Å². The molecule has 0 radical (unpaired) electrons. The second kappa shape index (κ2) is 6.12. The van der Waals surface area contributed by atoms with Crippen molar-refractivity contribution in [3.8, 4) is 0 Å². The summed E-state index contributed by atoms with van der Waals surface area (Å²) in [6, 6.07) is 0. The highest BCUT2D eigenvalue weighted by Gasteiger charge is 2.00. The van der Waals surface area contributed by atoms with Gasteiger partial charge in [-0.2, -0.15) is 5.90 Å². The standard InChI is InChI=1S/C7H16N2O2/c1-3-9(2)6-4-5-7(10)11-8/h3-6,8H2,1-2H3. The average Bonchev–Trinajstić information content (AvgIpc) is 2.04. The number of carbonyl (C=O) groups is 1. The third-order valence-corrected chi connectivity index (χ3v) is 1.59. The van der Waals surface area contributed by atoms with Crippen molar-refractivity contribution < 1.29 is 9.63 Å². The lowest BCUT2D eigenvalue weighted by Crippen LogP contribution is -2.20. The molecule has 0 atom stereocenters. The Morgan fingerprint density at radius 3 is 2.73 bits per heavy atom. The second-order valence-electron chi connectivity index (χ2n) is 2.49. The summed E-state index contributed by atoms with van der Waals surface area (Å²) >= 11 is 0. The van der Waals surface area contributed by atoms with Crippen molar-refractivity contribution >= 4 is 5.97 Å². The number of rotatable bonds is 5. The third-order valence-electron chi connectivity index (χ3n) is 1.59. The molecule has 0 bridgehead atoms. The molecule has 0 amide bonds. The first kappa shape index (κ1) is 10.4. The van der Waals surface area contributed by atoms with Crippen LogP contribution in [0, 0.1) is 0 Å². The molecule has 0 unspecified atom stereocenters. The van der Waals surface area contributed by atoms with E-state index >= 15 is 0 Å². The summed E-state index contributed by atoms with van der Waals surface area (Å²) in [5, 5.41) is 0. The van der Waals surface area contributed by atoms with Gasteiger partial charge in [0.05, 0.1) is 0 Å². The highest BCUT2D eigenvalue weighted by molar-refractivity contribution is 5.68. The Balaban J connectivity index is 3.20. The minimum absolute atomic E-state index is 0.338. The van der Waals surface area contributed by atoms with Crippen LogP contribution in [0.5, 0.6) is 0 Å². The van der Waals surface area contributed by atoms with Crippen LogP contribution in [0.1, 0.15) is 19.8 Å². The van der Waals surface area contributed by atoms with E-state index in [1.807, 2.05) is 7.05 Å². The molecule has 0 heterocycles. The third kappa shape index (κ3) is 5.82. The van der Waals surface area contributed by atoms with Crippen LogP contribution < -0.4 is 5.90 Å². The van der Waals surface area contributed by atoms with E-state index in [4.69, 9.17) is 0 Å². The van der Waals surface area contributed by atoms with E-state index in [1.165, 1.54) is 0 Å². The predicted octanol–water partition coefficient (Wildman–Crippen LogP) is 0.135. The van der Waals surface area contributed by atoms with Gasteiger partial charge in [0.2, 0.25) is 0 Å². The first-order valence-corrected chi connectivity index (χ1v) is 3.78. The van der Waals surface area contributed by atoms with Gasteiger partial charge in [0.15, 0.2) is 0 Å². The summed E-state index contributed by atoms with van der Waals surface area (Å²) in [4.78, 5) is 16.7. The first-order chi connectivity index (χ1) is 5.20. The molecule has 0 saturated carbocycles. The fourth-order valence-electron chi connectivity index (χ4n) is 0.710. The number of nitrogens with two attached hydrogens (primary N) is 1. The van der Waals surface area contributed by atoms with Crippen molar-refractivity contribution in [1.82, 2.24) is 4.90 Å². The molecule has 0 saturated heterocycles.